The lowest BCUT2D eigenvalue weighted by Gasteiger charge is -2.31. The van der Waals surface area contributed by atoms with Crippen molar-refractivity contribution in [3.05, 3.63) is 82.0 Å². The summed E-state index contributed by atoms with van der Waals surface area (Å²) in [6.07, 6.45) is 0. The van der Waals surface area contributed by atoms with Crippen LogP contribution in [-0.4, -0.2) is 35.3 Å². The van der Waals surface area contributed by atoms with Crippen molar-refractivity contribution in [1.82, 2.24) is 15.1 Å². The maximum absolute atomic E-state index is 13.1. The average molecular weight is 368 g/mol. The van der Waals surface area contributed by atoms with Crippen LogP contribution in [0.1, 0.15) is 17.2 Å². The van der Waals surface area contributed by atoms with Gasteiger partial charge in [-0.15, -0.1) is 0 Å². The van der Waals surface area contributed by atoms with Crippen LogP contribution in [0.4, 0.5) is 4.79 Å². The first-order chi connectivity index (χ1) is 12.5. The molecule has 0 saturated heterocycles. The zero-order valence-corrected chi connectivity index (χ0v) is 15.0. The minimum Gasteiger partial charge on any atom is -0.329 e. The molecular formula is C20H18ClN3O2. The monoisotopic (exact) mass is 367 g/mol. The molecule has 0 spiro atoms. The van der Waals surface area contributed by atoms with Crippen molar-refractivity contribution < 1.29 is 9.59 Å². The molecule has 1 atom stereocenters. The minimum atomic E-state index is -0.459. The fraction of sp³-hybridized carbons (Fsp3) is 0.200. The second kappa shape index (κ2) is 6.50. The molecule has 0 fully saturated rings. The van der Waals surface area contributed by atoms with Crippen molar-refractivity contribution in [2.45, 2.75) is 12.6 Å². The van der Waals surface area contributed by atoms with E-state index in [0.717, 1.165) is 16.8 Å². The van der Waals surface area contributed by atoms with E-state index in [4.69, 9.17) is 11.6 Å². The Labute approximate surface area is 156 Å². The van der Waals surface area contributed by atoms with Gasteiger partial charge in [0.15, 0.2) is 0 Å². The van der Waals surface area contributed by atoms with E-state index in [1.54, 1.807) is 24.1 Å². The number of benzene rings is 2. The van der Waals surface area contributed by atoms with Gasteiger partial charge >= 0.3 is 6.03 Å². The minimum absolute atomic E-state index is 0.0457. The predicted molar refractivity (Wildman–Crippen MR) is 99.4 cm³/mol. The van der Waals surface area contributed by atoms with Crippen LogP contribution in [0.5, 0.6) is 0 Å². The highest BCUT2D eigenvalue weighted by Gasteiger charge is 2.42. The van der Waals surface area contributed by atoms with E-state index in [-0.39, 0.29) is 11.9 Å². The SMILES string of the molecule is CN1C(=O)NC(c2ccc(Cl)cc2)C2=C1CN(Cc1ccccc1)C2=O. The van der Waals surface area contributed by atoms with Gasteiger partial charge in [0.2, 0.25) is 0 Å². The zero-order chi connectivity index (χ0) is 18.3. The maximum Gasteiger partial charge on any atom is 0.322 e. The van der Waals surface area contributed by atoms with Crippen LogP contribution < -0.4 is 5.32 Å². The number of amides is 3. The molecule has 2 aliphatic heterocycles. The Morgan fingerprint density at radius 2 is 1.77 bits per heavy atom. The number of nitrogens with zero attached hydrogens (tertiary/aromatic N) is 2. The van der Waals surface area contributed by atoms with E-state index >= 15 is 0 Å². The smallest absolute Gasteiger partial charge is 0.322 e. The molecule has 0 saturated carbocycles. The Balaban J connectivity index is 1.67. The number of hydrogen-bond acceptors (Lipinski definition) is 2. The molecule has 2 aliphatic rings. The van der Waals surface area contributed by atoms with E-state index in [2.05, 4.69) is 5.32 Å². The summed E-state index contributed by atoms with van der Waals surface area (Å²) in [6.45, 7) is 0.944. The number of halogens is 1. The van der Waals surface area contributed by atoms with Crippen LogP contribution in [0, 0.1) is 0 Å². The first-order valence-corrected chi connectivity index (χ1v) is 8.78. The quantitative estimate of drug-likeness (QED) is 0.904. The standard InChI is InChI=1S/C20H18ClN3O2/c1-23-16-12-24(11-13-5-3-2-4-6-13)19(25)17(16)18(22-20(23)26)14-7-9-15(21)10-8-14/h2-10,18H,11-12H2,1H3,(H,22,26). The number of likely N-dealkylation sites (N-methyl/N-ethyl adjacent to an activating group) is 1. The highest BCUT2D eigenvalue weighted by atomic mass is 35.5. The molecule has 0 radical (unpaired) electrons. The van der Waals surface area contributed by atoms with Gasteiger partial charge in [0.1, 0.15) is 0 Å². The van der Waals surface area contributed by atoms with Crippen molar-refractivity contribution >= 4 is 23.5 Å². The molecule has 4 rings (SSSR count). The van der Waals surface area contributed by atoms with E-state index in [0.29, 0.717) is 23.7 Å². The van der Waals surface area contributed by atoms with Crippen LogP contribution in [0.3, 0.4) is 0 Å². The van der Waals surface area contributed by atoms with Crippen molar-refractivity contribution in [3.63, 3.8) is 0 Å². The van der Waals surface area contributed by atoms with E-state index in [1.807, 2.05) is 42.5 Å². The van der Waals surface area contributed by atoms with Crippen LogP contribution in [-0.2, 0) is 11.3 Å². The molecule has 2 aromatic rings. The van der Waals surface area contributed by atoms with Gasteiger partial charge in [0, 0.05) is 18.6 Å². The molecular weight excluding hydrogens is 350 g/mol. The molecule has 0 aliphatic carbocycles. The Hall–Kier alpha value is -2.79. The fourth-order valence-electron chi connectivity index (χ4n) is 3.46. The number of urea groups is 1. The molecule has 0 bridgehead atoms. The summed E-state index contributed by atoms with van der Waals surface area (Å²) in [5.41, 5.74) is 3.30. The van der Waals surface area contributed by atoms with Crippen molar-refractivity contribution in [3.8, 4) is 0 Å². The average Bonchev–Trinajstić information content (AvgIpc) is 2.97. The molecule has 5 nitrogen and oxygen atoms in total. The molecule has 1 N–H and O–H groups in total. The van der Waals surface area contributed by atoms with Gasteiger partial charge in [-0.25, -0.2) is 4.79 Å². The Morgan fingerprint density at radius 1 is 1.08 bits per heavy atom. The predicted octanol–water partition coefficient (Wildman–Crippen LogP) is 3.33. The lowest BCUT2D eigenvalue weighted by molar-refractivity contribution is -0.126. The highest BCUT2D eigenvalue weighted by molar-refractivity contribution is 6.30. The molecule has 1 unspecified atom stereocenters. The van der Waals surface area contributed by atoms with Gasteiger partial charge in [0.05, 0.1) is 23.9 Å². The van der Waals surface area contributed by atoms with Crippen LogP contribution in [0.2, 0.25) is 5.02 Å². The third kappa shape index (κ3) is 2.84. The number of carbonyl (C=O) groups is 2. The number of carbonyl (C=O) groups excluding carboxylic acids is 2. The third-order valence-corrected chi connectivity index (χ3v) is 5.11. The molecule has 26 heavy (non-hydrogen) atoms. The summed E-state index contributed by atoms with van der Waals surface area (Å²) in [6, 6.07) is 16.4. The highest BCUT2D eigenvalue weighted by Crippen LogP contribution is 2.36. The zero-order valence-electron chi connectivity index (χ0n) is 14.3. The fourth-order valence-corrected chi connectivity index (χ4v) is 3.59. The van der Waals surface area contributed by atoms with Crippen LogP contribution >= 0.6 is 11.6 Å². The summed E-state index contributed by atoms with van der Waals surface area (Å²) in [5, 5.41) is 3.54. The normalized spacial score (nSPS) is 19.7. The Morgan fingerprint density at radius 3 is 2.46 bits per heavy atom. The molecule has 3 amide bonds. The Bertz CT molecular complexity index is 893. The van der Waals surface area contributed by atoms with E-state index < -0.39 is 6.04 Å². The first kappa shape index (κ1) is 16.7. The van der Waals surface area contributed by atoms with E-state index in [1.165, 1.54) is 4.90 Å². The Kier molecular flexibility index (Phi) is 4.17. The number of nitrogens with one attached hydrogen (secondary N) is 1. The number of hydrogen-bond donors (Lipinski definition) is 1. The second-order valence-corrected chi connectivity index (χ2v) is 6.94. The molecule has 132 valence electrons. The van der Waals surface area contributed by atoms with E-state index in [9.17, 15) is 9.59 Å². The molecule has 0 aromatic heterocycles. The van der Waals surface area contributed by atoms with Gasteiger partial charge in [-0.3, -0.25) is 9.69 Å². The summed E-state index contributed by atoms with van der Waals surface area (Å²) < 4.78 is 0. The van der Waals surface area contributed by atoms with Gasteiger partial charge in [-0.05, 0) is 23.3 Å². The summed E-state index contributed by atoms with van der Waals surface area (Å²) in [5.74, 6) is -0.0457. The molecule has 2 aromatic carbocycles. The van der Waals surface area contributed by atoms with Gasteiger partial charge in [0.25, 0.3) is 5.91 Å². The summed E-state index contributed by atoms with van der Waals surface area (Å²) >= 11 is 5.97. The largest absolute Gasteiger partial charge is 0.329 e. The van der Waals surface area contributed by atoms with Crippen LogP contribution in [0.15, 0.2) is 65.9 Å². The van der Waals surface area contributed by atoms with Gasteiger partial charge in [-0.2, -0.15) is 0 Å². The van der Waals surface area contributed by atoms with Crippen LogP contribution in [0.25, 0.3) is 0 Å². The second-order valence-electron chi connectivity index (χ2n) is 6.50. The third-order valence-electron chi connectivity index (χ3n) is 4.85. The summed E-state index contributed by atoms with van der Waals surface area (Å²) in [4.78, 5) is 28.8. The van der Waals surface area contributed by atoms with Crippen molar-refractivity contribution in [2.75, 3.05) is 13.6 Å². The maximum atomic E-state index is 13.1. The summed E-state index contributed by atoms with van der Waals surface area (Å²) in [7, 11) is 1.70. The van der Waals surface area contributed by atoms with Crippen molar-refractivity contribution in [1.29, 1.82) is 0 Å². The number of rotatable bonds is 3. The lowest BCUT2D eigenvalue weighted by atomic mass is 9.96. The van der Waals surface area contributed by atoms with Gasteiger partial charge in [-0.1, -0.05) is 54.1 Å². The topological polar surface area (TPSA) is 52.7 Å². The van der Waals surface area contributed by atoms with Crippen molar-refractivity contribution in [2.24, 2.45) is 0 Å². The molecule has 2 heterocycles. The van der Waals surface area contributed by atoms with Gasteiger partial charge < -0.3 is 10.2 Å². The molecule has 6 heteroatoms. The first-order valence-electron chi connectivity index (χ1n) is 8.40. The lowest BCUT2D eigenvalue weighted by Crippen LogP contribution is -2.45.